The maximum Gasteiger partial charge on any atom is 0.434 e. The van der Waals surface area contributed by atoms with E-state index in [0.717, 1.165) is 21.5 Å². The van der Waals surface area contributed by atoms with Gasteiger partial charge in [-0.15, -0.1) is 0 Å². The largest absolute Gasteiger partial charge is 0.493 e. The van der Waals surface area contributed by atoms with Crippen molar-refractivity contribution in [2.24, 2.45) is 4.99 Å². The molecule has 228 valence electrons. The van der Waals surface area contributed by atoms with Gasteiger partial charge in [0.2, 0.25) is 0 Å². The van der Waals surface area contributed by atoms with Gasteiger partial charge in [0.15, 0.2) is 22.0 Å². The highest BCUT2D eigenvalue weighted by Gasteiger charge is 2.45. The number of allylic oxidation sites excluding steroid dienone is 1. The number of rotatable bonds is 8. The number of esters is 1. The number of fused-ring (bicyclic) bond motifs is 1. The van der Waals surface area contributed by atoms with E-state index >= 15 is 0 Å². The summed E-state index contributed by atoms with van der Waals surface area (Å²) >= 11 is 13.0. The molecule has 1 aliphatic heterocycles. The van der Waals surface area contributed by atoms with E-state index in [0.29, 0.717) is 27.1 Å². The summed E-state index contributed by atoms with van der Waals surface area (Å²) in [7, 11) is 1.46. The normalized spacial score (nSPS) is 15.1. The zero-order chi connectivity index (χ0) is 31.6. The van der Waals surface area contributed by atoms with Crippen LogP contribution in [0.1, 0.15) is 29.7 Å². The van der Waals surface area contributed by atoms with Crippen molar-refractivity contribution in [1.29, 1.82) is 0 Å². The Morgan fingerprint density at radius 3 is 2.45 bits per heavy atom. The van der Waals surface area contributed by atoms with Crippen LogP contribution < -0.4 is 24.4 Å². The summed E-state index contributed by atoms with van der Waals surface area (Å²) in [6.07, 6.45) is -3.50. The average Bonchev–Trinajstić information content (AvgIpc) is 3.30. The quantitative estimate of drug-likeness (QED) is 0.209. The van der Waals surface area contributed by atoms with Crippen LogP contribution in [0, 0.1) is 0 Å². The molecule has 0 saturated carbocycles. The van der Waals surface area contributed by atoms with Crippen molar-refractivity contribution >= 4 is 46.6 Å². The molecule has 4 aromatic rings. The highest BCUT2D eigenvalue weighted by atomic mass is 35.5. The lowest BCUT2D eigenvalue weighted by Gasteiger charge is -2.26. The van der Waals surface area contributed by atoms with Crippen LogP contribution in [0.3, 0.4) is 0 Å². The molecule has 1 aromatic heterocycles. The van der Waals surface area contributed by atoms with Gasteiger partial charge in [-0.1, -0.05) is 70.9 Å². The van der Waals surface area contributed by atoms with E-state index in [4.69, 9.17) is 37.4 Å². The lowest BCUT2D eigenvalue weighted by Crippen LogP contribution is -2.41. The minimum atomic E-state index is -5.00. The average molecular weight is 664 g/mol. The van der Waals surface area contributed by atoms with Crippen LogP contribution in [-0.2, 0) is 16.1 Å². The van der Waals surface area contributed by atoms with Crippen molar-refractivity contribution in [2.45, 2.75) is 25.7 Å². The Balaban J connectivity index is 1.61. The number of hydrogen-bond acceptors (Lipinski definition) is 7. The molecule has 1 atom stereocenters. The van der Waals surface area contributed by atoms with Gasteiger partial charge in [0.05, 0.1) is 29.9 Å². The topological polar surface area (TPSA) is 79.1 Å². The fourth-order valence-electron chi connectivity index (χ4n) is 4.62. The molecular formula is C31H23Cl2F3N2O5S. The Kier molecular flexibility index (Phi) is 9.19. The first-order valence-electron chi connectivity index (χ1n) is 13.1. The summed E-state index contributed by atoms with van der Waals surface area (Å²) < 4.78 is 60.4. The number of carbonyl (C=O) groups is 1. The molecule has 0 fully saturated rings. The summed E-state index contributed by atoms with van der Waals surface area (Å²) in [5.41, 5.74) is -1.34. The van der Waals surface area contributed by atoms with Crippen molar-refractivity contribution < 1.29 is 32.2 Å². The number of benzene rings is 3. The number of aromatic nitrogens is 1. The number of halogens is 5. The number of methoxy groups -OCH3 is 1. The third-order valence-corrected chi connectivity index (χ3v) is 8.21. The van der Waals surface area contributed by atoms with Crippen LogP contribution in [0.25, 0.3) is 6.08 Å². The van der Waals surface area contributed by atoms with Gasteiger partial charge in [-0.2, -0.15) is 13.2 Å². The molecule has 2 heterocycles. The predicted octanol–water partition coefficient (Wildman–Crippen LogP) is 6.24. The van der Waals surface area contributed by atoms with Crippen LogP contribution in [0.4, 0.5) is 13.2 Å². The maximum atomic E-state index is 14.3. The monoisotopic (exact) mass is 662 g/mol. The van der Waals surface area contributed by atoms with Gasteiger partial charge in [0.25, 0.3) is 5.56 Å². The number of hydrogen-bond donors (Lipinski definition) is 0. The molecule has 0 bridgehead atoms. The fourth-order valence-corrected chi connectivity index (χ4v) is 5.93. The summed E-state index contributed by atoms with van der Waals surface area (Å²) in [6.45, 7) is 1.48. The summed E-state index contributed by atoms with van der Waals surface area (Å²) in [5.74, 6) is -0.445. The molecule has 0 unspecified atom stereocenters. The lowest BCUT2D eigenvalue weighted by molar-refractivity contribution is -0.140. The van der Waals surface area contributed by atoms with Crippen LogP contribution in [0.5, 0.6) is 11.5 Å². The zero-order valence-corrected chi connectivity index (χ0v) is 25.5. The van der Waals surface area contributed by atoms with Gasteiger partial charge in [-0.25, -0.2) is 9.79 Å². The Bertz CT molecular complexity index is 1940. The van der Waals surface area contributed by atoms with E-state index < -0.39 is 35.0 Å². The van der Waals surface area contributed by atoms with Crippen molar-refractivity contribution in [2.75, 3.05) is 13.7 Å². The smallest absolute Gasteiger partial charge is 0.434 e. The Hall–Kier alpha value is -4.06. The highest BCUT2D eigenvalue weighted by molar-refractivity contribution is 7.07. The fraction of sp³-hybridized carbons (Fsp3) is 0.194. The second-order valence-electron chi connectivity index (χ2n) is 9.41. The number of ether oxygens (including phenoxy) is 3. The summed E-state index contributed by atoms with van der Waals surface area (Å²) in [4.78, 5) is 30.3. The van der Waals surface area contributed by atoms with E-state index in [-0.39, 0.29) is 28.1 Å². The third-order valence-electron chi connectivity index (χ3n) is 6.61. The van der Waals surface area contributed by atoms with E-state index in [9.17, 15) is 22.8 Å². The van der Waals surface area contributed by atoms with Gasteiger partial charge in [-0.3, -0.25) is 9.36 Å². The van der Waals surface area contributed by atoms with Gasteiger partial charge in [0.1, 0.15) is 6.61 Å². The number of alkyl halides is 3. The molecule has 0 aliphatic carbocycles. The molecule has 1 aliphatic rings. The van der Waals surface area contributed by atoms with Gasteiger partial charge >= 0.3 is 12.1 Å². The van der Waals surface area contributed by atoms with Crippen molar-refractivity contribution in [1.82, 2.24) is 4.57 Å². The standard InChI is InChI=1S/C31H23Cl2F3N2O5S/c1-3-42-29(40)25-26(18-9-11-20(32)12-10-18)38-28(39)24(44-30(38)37-27(25)31(34,35)36)15-17-8-13-22(23(14-17)41-2)43-16-19-6-4-5-7-21(19)33/h4-15,26H,3,16H2,1-2H3/b24-15-/t26-/m0/s1. The molecule has 44 heavy (non-hydrogen) atoms. The minimum Gasteiger partial charge on any atom is -0.493 e. The third kappa shape index (κ3) is 6.40. The lowest BCUT2D eigenvalue weighted by atomic mass is 9.95. The van der Waals surface area contributed by atoms with E-state index in [1.165, 1.54) is 44.4 Å². The highest BCUT2D eigenvalue weighted by Crippen LogP contribution is 2.38. The minimum absolute atomic E-state index is 0.0844. The summed E-state index contributed by atoms with van der Waals surface area (Å²) in [6, 6.07) is 16.5. The molecule has 13 heteroatoms. The van der Waals surface area contributed by atoms with Gasteiger partial charge in [-0.05, 0) is 54.5 Å². The van der Waals surface area contributed by atoms with Crippen LogP contribution in [-0.4, -0.2) is 30.4 Å². The first-order valence-corrected chi connectivity index (χ1v) is 14.7. The molecule has 0 amide bonds. The maximum absolute atomic E-state index is 14.3. The van der Waals surface area contributed by atoms with E-state index in [1.54, 1.807) is 24.3 Å². The second kappa shape index (κ2) is 12.9. The Morgan fingerprint density at radius 1 is 1.07 bits per heavy atom. The molecule has 0 N–H and O–H groups in total. The predicted molar refractivity (Wildman–Crippen MR) is 161 cm³/mol. The molecule has 0 saturated heterocycles. The number of carbonyl (C=O) groups excluding carboxylic acids is 1. The van der Waals surface area contributed by atoms with Crippen LogP contribution >= 0.6 is 34.5 Å². The number of thiazole rings is 1. The SMILES string of the molecule is CCOC(=O)C1=C(C(F)(F)F)N=c2s/c(=C\c3ccc(OCc4ccccc4Cl)c(OC)c3)c(=O)n2[C@H]1c1ccc(Cl)cc1. The van der Waals surface area contributed by atoms with Crippen molar-refractivity contribution in [3.63, 3.8) is 0 Å². The van der Waals surface area contributed by atoms with Crippen LogP contribution in [0.2, 0.25) is 10.0 Å². The van der Waals surface area contributed by atoms with Crippen LogP contribution in [0.15, 0.2) is 87.8 Å². The summed E-state index contributed by atoms with van der Waals surface area (Å²) in [5, 5.41) is 0.877. The molecule has 0 radical (unpaired) electrons. The molecular weight excluding hydrogens is 640 g/mol. The van der Waals surface area contributed by atoms with E-state index in [2.05, 4.69) is 4.99 Å². The Labute approximate surface area is 263 Å². The number of nitrogens with zero attached hydrogens (tertiary/aromatic N) is 2. The molecule has 3 aromatic carbocycles. The van der Waals surface area contributed by atoms with Gasteiger partial charge < -0.3 is 14.2 Å². The first-order chi connectivity index (χ1) is 21.0. The first kappa shape index (κ1) is 31.4. The Morgan fingerprint density at radius 2 is 1.80 bits per heavy atom. The molecule has 5 rings (SSSR count). The van der Waals surface area contributed by atoms with Gasteiger partial charge in [0, 0.05) is 15.6 Å². The molecule has 7 nitrogen and oxygen atoms in total. The van der Waals surface area contributed by atoms with E-state index in [1.807, 2.05) is 18.2 Å². The second-order valence-corrected chi connectivity index (χ2v) is 11.3. The molecule has 0 spiro atoms. The van der Waals surface area contributed by atoms with Crippen molar-refractivity contribution in [3.05, 3.63) is 124 Å². The van der Waals surface area contributed by atoms with Crippen molar-refractivity contribution in [3.8, 4) is 11.5 Å². The zero-order valence-electron chi connectivity index (χ0n) is 23.2.